The minimum atomic E-state index is -1.54. The Morgan fingerprint density at radius 3 is 2.46 bits per heavy atom. The van der Waals surface area contributed by atoms with E-state index in [1.807, 2.05) is 87.5 Å². The molecule has 7 rings (SSSR count). The van der Waals surface area contributed by atoms with Crippen LogP contribution in [-0.4, -0.2) is 109 Å². The van der Waals surface area contributed by atoms with E-state index >= 15 is 4.79 Å². The average molecular weight is 776 g/mol. The van der Waals surface area contributed by atoms with Crippen LogP contribution < -0.4 is 0 Å². The summed E-state index contributed by atoms with van der Waals surface area (Å²) in [7, 11) is 1.69. The molecule has 14 heteroatoms. The number of likely N-dealkylation sites (N-methyl/N-ethyl adjacent to an activating group) is 1. The van der Waals surface area contributed by atoms with E-state index < -0.39 is 72.2 Å². The Bertz CT molecular complexity index is 1930. The monoisotopic (exact) mass is 774 g/mol. The Morgan fingerprint density at radius 1 is 1.00 bits per heavy atom. The average Bonchev–Trinajstić information content (AvgIpc) is 3.86. The smallest absolute Gasteiger partial charge is 0.313 e. The lowest BCUT2D eigenvalue weighted by atomic mass is 9.74. The number of nitrogens with zero attached hydrogens (tertiary/aromatic N) is 6. The van der Waals surface area contributed by atoms with Crippen molar-refractivity contribution in [2.24, 2.45) is 17.8 Å². The van der Waals surface area contributed by atoms with E-state index in [1.165, 1.54) is 4.90 Å². The number of benzene rings is 2. The number of halogens is 1. The molecular formula is C38H43BrN6O7. The van der Waals surface area contributed by atoms with Crippen LogP contribution in [0, 0.1) is 17.8 Å². The summed E-state index contributed by atoms with van der Waals surface area (Å²) >= 11 is 3.62. The number of aromatic nitrogens is 3. The molecule has 13 nitrogen and oxygen atoms in total. The topological polar surface area (TPSA) is 147 Å². The number of hydrogen-bond donors (Lipinski definition) is 1. The van der Waals surface area contributed by atoms with E-state index in [2.05, 4.69) is 26.2 Å². The van der Waals surface area contributed by atoms with Gasteiger partial charge in [0.25, 0.3) is 5.91 Å². The SMILES string of the molecule is CC(C)[C@H](CO)N1C(=O)[C@H]2[C@@H]3C(=O)O[C@H](c4ccccc4)[C@@H](C)N(C)C(=O)CC/C=C\CN(Cn4nnc5ccccc54)C(=O)[C@H]1[C@@]21C=C(Br)[C@@H]3O1. The predicted octanol–water partition coefficient (Wildman–Crippen LogP) is 3.59. The predicted molar refractivity (Wildman–Crippen MR) is 193 cm³/mol. The molecule has 3 amide bonds. The number of aliphatic hydroxyl groups excluding tert-OH is 1. The molecule has 52 heavy (non-hydrogen) atoms. The van der Waals surface area contributed by atoms with Crippen molar-refractivity contribution in [3.63, 3.8) is 0 Å². The molecule has 5 bridgehead atoms. The fourth-order valence-electron chi connectivity index (χ4n) is 8.18. The van der Waals surface area contributed by atoms with Crippen LogP contribution in [-0.2, 0) is 35.3 Å². The van der Waals surface area contributed by atoms with Gasteiger partial charge in [-0.15, -0.1) is 5.10 Å². The number of likely N-dealkylation sites (tertiary alicyclic amines) is 1. The van der Waals surface area contributed by atoms with Crippen LogP contribution in [0.15, 0.2) is 77.3 Å². The highest BCUT2D eigenvalue weighted by atomic mass is 79.9. The molecule has 3 aromatic rings. The summed E-state index contributed by atoms with van der Waals surface area (Å²) in [5.74, 6) is -4.18. The van der Waals surface area contributed by atoms with Crippen LogP contribution in [0.2, 0.25) is 0 Å². The number of esters is 1. The molecule has 2 aromatic carbocycles. The van der Waals surface area contributed by atoms with Crippen molar-refractivity contribution in [2.45, 2.75) is 76.2 Å². The molecule has 0 aliphatic carbocycles. The van der Waals surface area contributed by atoms with Crippen molar-refractivity contribution >= 4 is 50.7 Å². The summed E-state index contributed by atoms with van der Waals surface area (Å²) in [6.45, 7) is 5.29. The van der Waals surface area contributed by atoms with Crippen molar-refractivity contribution in [3.8, 4) is 0 Å². The van der Waals surface area contributed by atoms with E-state index in [0.29, 0.717) is 27.5 Å². The van der Waals surface area contributed by atoms with Gasteiger partial charge in [-0.1, -0.05) is 89.6 Å². The van der Waals surface area contributed by atoms with Crippen LogP contribution in [0.3, 0.4) is 0 Å². The standard InChI is InChI=1S/C38H43BrN6O7/c1-22(2)28(20-46)45-34-36(49)43(21-44-27-16-11-10-15-26(27)40-41-44)18-12-6-9-17-29(47)42(4)23(3)32(24-13-7-5-8-14-24)51-37(50)30-31(35(45)48)38(34)19-25(39)33(30)52-38/h5-8,10-16,19,22-23,28,30-34,46H,9,17-18,20-21H2,1-4H3/b12-6-/t23-,28+,30+,31-,32+,33+,34+,38-/m1/s1. The van der Waals surface area contributed by atoms with Gasteiger partial charge in [0.1, 0.15) is 42.0 Å². The molecule has 5 heterocycles. The summed E-state index contributed by atoms with van der Waals surface area (Å²) in [5, 5.41) is 19.3. The summed E-state index contributed by atoms with van der Waals surface area (Å²) in [6.07, 6.45) is 4.30. The summed E-state index contributed by atoms with van der Waals surface area (Å²) in [4.78, 5) is 62.7. The van der Waals surface area contributed by atoms with Gasteiger partial charge in [-0.05, 0) is 43.0 Å². The zero-order chi connectivity index (χ0) is 36.9. The molecule has 4 aliphatic heterocycles. The van der Waals surface area contributed by atoms with Crippen molar-refractivity contribution in [1.82, 2.24) is 29.7 Å². The van der Waals surface area contributed by atoms with Crippen LogP contribution in [0.5, 0.6) is 0 Å². The first kappa shape index (κ1) is 36.0. The maximum Gasteiger partial charge on any atom is 0.313 e. The Labute approximate surface area is 310 Å². The number of carbonyl (C=O) groups is 4. The van der Waals surface area contributed by atoms with Gasteiger partial charge in [0.15, 0.2) is 0 Å². The summed E-state index contributed by atoms with van der Waals surface area (Å²) < 4.78 is 15.2. The van der Waals surface area contributed by atoms with Crippen LogP contribution >= 0.6 is 15.9 Å². The highest BCUT2D eigenvalue weighted by molar-refractivity contribution is 9.11. The minimum Gasteiger partial charge on any atom is -0.455 e. The lowest BCUT2D eigenvalue weighted by molar-refractivity contribution is -0.164. The largest absolute Gasteiger partial charge is 0.455 e. The fraction of sp³-hybridized carbons (Fsp3) is 0.474. The lowest BCUT2D eigenvalue weighted by Gasteiger charge is -2.39. The van der Waals surface area contributed by atoms with Gasteiger partial charge in [0, 0.05) is 24.5 Å². The number of para-hydroxylation sites is 1. The Morgan fingerprint density at radius 2 is 1.73 bits per heavy atom. The third kappa shape index (κ3) is 5.94. The molecule has 4 aliphatic rings. The molecule has 1 N–H and O–H groups in total. The van der Waals surface area contributed by atoms with Crippen LogP contribution in [0.25, 0.3) is 11.0 Å². The number of amides is 3. The Hall–Kier alpha value is -4.40. The highest BCUT2D eigenvalue weighted by Crippen LogP contribution is 2.59. The number of carbonyl (C=O) groups excluding carboxylic acids is 4. The van der Waals surface area contributed by atoms with Gasteiger partial charge in [-0.3, -0.25) is 19.2 Å². The van der Waals surface area contributed by atoms with Gasteiger partial charge in [0.2, 0.25) is 11.8 Å². The van der Waals surface area contributed by atoms with E-state index in [1.54, 1.807) is 27.6 Å². The molecular weight excluding hydrogens is 732 g/mol. The van der Waals surface area contributed by atoms with Crippen LogP contribution in [0.4, 0.5) is 0 Å². The second-order valence-electron chi connectivity index (χ2n) is 14.4. The quantitative estimate of drug-likeness (QED) is 0.293. The lowest BCUT2D eigenvalue weighted by Crippen LogP contribution is -2.59. The van der Waals surface area contributed by atoms with E-state index in [-0.39, 0.29) is 31.5 Å². The van der Waals surface area contributed by atoms with Gasteiger partial charge in [0.05, 0.1) is 30.1 Å². The number of hydrogen-bond acceptors (Lipinski definition) is 9. The van der Waals surface area contributed by atoms with E-state index in [4.69, 9.17) is 9.47 Å². The maximum absolute atomic E-state index is 15.2. The number of cyclic esters (lactones) is 1. The molecule has 2 saturated heterocycles. The third-order valence-corrected chi connectivity index (χ3v) is 11.7. The first-order valence-corrected chi connectivity index (χ1v) is 18.5. The second kappa shape index (κ2) is 14.2. The summed E-state index contributed by atoms with van der Waals surface area (Å²) in [6, 6.07) is 14.1. The number of allylic oxidation sites excluding steroid dienone is 1. The normalized spacial score (nSPS) is 31.0. The van der Waals surface area contributed by atoms with E-state index in [9.17, 15) is 19.5 Å². The van der Waals surface area contributed by atoms with Crippen LogP contribution in [0.1, 0.15) is 45.3 Å². The van der Waals surface area contributed by atoms with Crippen molar-refractivity contribution < 1.29 is 33.8 Å². The molecule has 0 saturated carbocycles. The van der Waals surface area contributed by atoms with Crippen molar-refractivity contribution in [2.75, 3.05) is 20.2 Å². The maximum atomic E-state index is 15.2. The second-order valence-corrected chi connectivity index (χ2v) is 15.3. The molecule has 1 spiro atoms. The summed E-state index contributed by atoms with van der Waals surface area (Å²) in [5.41, 5.74) is 0.528. The first-order valence-electron chi connectivity index (χ1n) is 17.7. The molecule has 2 fully saturated rings. The zero-order valence-electron chi connectivity index (χ0n) is 29.5. The van der Waals surface area contributed by atoms with Gasteiger partial charge < -0.3 is 29.3 Å². The highest BCUT2D eigenvalue weighted by Gasteiger charge is 2.75. The minimum absolute atomic E-state index is 0.00778. The van der Waals surface area contributed by atoms with E-state index in [0.717, 1.165) is 0 Å². The molecule has 0 unspecified atom stereocenters. The van der Waals surface area contributed by atoms with Gasteiger partial charge in [-0.25, -0.2) is 4.68 Å². The number of aliphatic hydroxyl groups is 1. The Balaban J connectivity index is 1.36. The van der Waals surface area contributed by atoms with Crippen molar-refractivity contribution in [3.05, 3.63) is 82.9 Å². The zero-order valence-corrected chi connectivity index (χ0v) is 31.1. The third-order valence-electron chi connectivity index (χ3n) is 11.1. The number of rotatable bonds is 6. The fourth-order valence-corrected chi connectivity index (χ4v) is 8.92. The molecule has 274 valence electrons. The number of ether oxygens (including phenoxy) is 2. The molecule has 8 atom stereocenters. The van der Waals surface area contributed by atoms with Gasteiger partial charge in [-0.2, -0.15) is 0 Å². The van der Waals surface area contributed by atoms with Crippen molar-refractivity contribution in [1.29, 1.82) is 0 Å². The number of fused-ring (bicyclic) bond motifs is 3. The van der Waals surface area contributed by atoms with Gasteiger partial charge >= 0.3 is 5.97 Å². The molecule has 1 aromatic heterocycles. The molecule has 0 radical (unpaired) electrons. The first-order chi connectivity index (χ1) is 25.0. The Kier molecular flexibility index (Phi) is 9.83.